The van der Waals surface area contributed by atoms with Crippen LogP contribution in [0.2, 0.25) is 0 Å². The highest BCUT2D eigenvalue weighted by atomic mass is 19.4. The number of halogens is 6. The average Bonchev–Trinajstić information content (AvgIpc) is 2.73. The van der Waals surface area contributed by atoms with E-state index in [0.717, 1.165) is 0 Å². The molecule has 0 aliphatic rings. The number of nitrogens with one attached hydrogen (secondary N) is 2. The topological polar surface area (TPSA) is 70.1 Å². The smallest absolute Gasteiger partial charge is 0.394 e. The lowest BCUT2D eigenvalue weighted by atomic mass is 10.1. The van der Waals surface area contributed by atoms with Gasteiger partial charge in [-0.25, -0.2) is 4.98 Å². The first-order valence-electron chi connectivity index (χ1n) is 9.34. The molecule has 1 aromatic heterocycles. The van der Waals surface area contributed by atoms with Gasteiger partial charge in [0.05, 0.1) is 29.1 Å². The molecular weight excluding hydrogens is 438 g/mol. The van der Waals surface area contributed by atoms with Crippen LogP contribution in [0.25, 0.3) is 11.3 Å². The van der Waals surface area contributed by atoms with Crippen LogP contribution in [0.4, 0.5) is 43.8 Å². The molecule has 11 heteroatoms. The highest BCUT2D eigenvalue weighted by molar-refractivity contribution is 5.69. The molecule has 32 heavy (non-hydrogen) atoms. The van der Waals surface area contributed by atoms with Gasteiger partial charge in [0.15, 0.2) is 0 Å². The predicted octanol–water partition coefficient (Wildman–Crippen LogP) is 5.72. The van der Waals surface area contributed by atoms with E-state index in [1.54, 1.807) is 37.3 Å². The van der Waals surface area contributed by atoms with Crippen molar-refractivity contribution in [3.63, 3.8) is 0 Å². The molecule has 0 aliphatic carbocycles. The Kier molecular flexibility index (Phi) is 6.58. The van der Waals surface area contributed by atoms with E-state index in [-0.39, 0.29) is 24.4 Å². The zero-order valence-electron chi connectivity index (χ0n) is 16.6. The van der Waals surface area contributed by atoms with E-state index in [4.69, 9.17) is 0 Å². The first kappa shape index (κ1) is 23.3. The minimum absolute atomic E-state index is 0.0240. The third-order valence-corrected chi connectivity index (χ3v) is 4.36. The van der Waals surface area contributed by atoms with E-state index in [2.05, 4.69) is 20.6 Å². The van der Waals surface area contributed by atoms with Crippen LogP contribution in [-0.2, 0) is 12.4 Å². The zero-order valence-corrected chi connectivity index (χ0v) is 16.6. The highest BCUT2D eigenvalue weighted by Gasteiger charge is 2.38. The van der Waals surface area contributed by atoms with Crippen LogP contribution >= 0.6 is 0 Å². The number of hydrogen-bond acceptors (Lipinski definition) is 5. The molecule has 3 aromatic rings. The molecule has 0 fully saturated rings. The summed E-state index contributed by atoms with van der Waals surface area (Å²) in [5, 5.41) is 14.5. The van der Waals surface area contributed by atoms with Gasteiger partial charge in [0.25, 0.3) is 0 Å². The van der Waals surface area contributed by atoms with Gasteiger partial charge in [0, 0.05) is 17.7 Å². The van der Waals surface area contributed by atoms with Crippen LogP contribution in [0.3, 0.4) is 0 Å². The minimum atomic E-state index is -5.04. The predicted molar refractivity (Wildman–Crippen MR) is 107 cm³/mol. The number of aliphatic hydroxyl groups is 1. The number of benzene rings is 2. The molecule has 2 aromatic carbocycles. The van der Waals surface area contributed by atoms with Gasteiger partial charge in [0.1, 0.15) is 5.82 Å². The van der Waals surface area contributed by atoms with Crippen molar-refractivity contribution < 1.29 is 31.4 Å². The molecule has 0 aliphatic heterocycles. The summed E-state index contributed by atoms with van der Waals surface area (Å²) in [6.07, 6.45) is -9.96. The second kappa shape index (κ2) is 9.03. The Hall–Kier alpha value is -3.34. The highest BCUT2D eigenvalue weighted by Crippen LogP contribution is 2.40. The van der Waals surface area contributed by atoms with Crippen molar-refractivity contribution in [2.75, 3.05) is 17.2 Å². The van der Waals surface area contributed by atoms with Gasteiger partial charge in [-0.3, -0.25) is 0 Å². The Balaban J connectivity index is 2.07. The molecular formula is C21H18F6N4O. The maximum atomic E-state index is 13.5. The van der Waals surface area contributed by atoms with Crippen molar-refractivity contribution in [3.05, 3.63) is 65.7 Å². The van der Waals surface area contributed by atoms with E-state index >= 15 is 0 Å². The average molecular weight is 456 g/mol. The van der Waals surface area contributed by atoms with Crippen molar-refractivity contribution in [1.29, 1.82) is 0 Å². The summed E-state index contributed by atoms with van der Waals surface area (Å²) >= 11 is 0. The molecule has 1 atom stereocenters. The monoisotopic (exact) mass is 456 g/mol. The molecule has 0 bridgehead atoms. The molecule has 1 heterocycles. The summed E-state index contributed by atoms with van der Waals surface area (Å²) in [7, 11) is 0. The van der Waals surface area contributed by atoms with Crippen LogP contribution < -0.4 is 10.6 Å². The van der Waals surface area contributed by atoms with Crippen molar-refractivity contribution in [2.45, 2.75) is 25.3 Å². The largest absolute Gasteiger partial charge is 0.418 e. The molecule has 0 unspecified atom stereocenters. The van der Waals surface area contributed by atoms with Gasteiger partial charge in [0.2, 0.25) is 5.95 Å². The summed E-state index contributed by atoms with van der Waals surface area (Å²) < 4.78 is 79.2. The third-order valence-electron chi connectivity index (χ3n) is 4.36. The maximum Gasteiger partial charge on any atom is 0.418 e. The normalized spacial score (nSPS) is 13.0. The lowest BCUT2D eigenvalue weighted by molar-refractivity contribution is -0.142. The van der Waals surface area contributed by atoms with Gasteiger partial charge in [-0.05, 0) is 25.1 Å². The van der Waals surface area contributed by atoms with E-state index in [0.29, 0.717) is 23.4 Å². The number of nitrogens with zero attached hydrogens (tertiary/aromatic N) is 2. The Morgan fingerprint density at radius 2 is 1.59 bits per heavy atom. The van der Waals surface area contributed by atoms with Crippen molar-refractivity contribution in [1.82, 2.24) is 9.97 Å². The fourth-order valence-corrected chi connectivity index (χ4v) is 2.80. The summed E-state index contributed by atoms with van der Waals surface area (Å²) in [5.41, 5.74) is -2.49. The molecule has 0 amide bonds. The van der Waals surface area contributed by atoms with Crippen molar-refractivity contribution in [3.8, 4) is 11.3 Å². The van der Waals surface area contributed by atoms with E-state index in [1.807, 2.05) is 0 Å². The Morgan fingerprint density at radius 1 is 0.906 bits per heavy atom. The van der Waals surface area contributed by atoms with Crippen LogP contribution in [0.5, 0.6) is 0 Å². The Morgan fingerprint density at radius 3 is 2.19 bits per heavy atom. The number of aliphatic hydroxyl groups excluding tert-OH is 1. The molecule has 3 rings (SSSR count). The van der Waals surface area contributed by atoms with Gasteiger partial charge in [-0.1, -0.05) is 30.3 Å². The van der Waals surface area contributed by atoms with Gasteiger partial charge in [-0.15, -0.1) is 0 Å². The number of hydrogen-bond donors (Lipinski definition) is 3. The molecule has 3 N–H and O–H groups in total. The first-order chi connectivity index (χ1) is 15.0. The first-order valence-corrected chi connectivity index (χ1v) is 9.34. The maximum absolute atomic E-state index is 13.5. The molecule has 0 radical (unpaired) electrons. The van der Waals surface area contributed by atoms with Crippen LogP contribution in [-0.4, -0.2) is 27.7 Å². The Labute approximate surface area is 179 Å². The summed E-state index contributed by atoms with van der Waals surface area (Å²) in [6, 6.07) is 11.0. The van der Waals surface area contributed by atoms with Crippen molar-refractivity contribution in [2.24, 2.45) is 0 Å². The van der Waals surface area contributed by atoms with E-state index in [9.17, 15) is 31.4 Å². The Bertz CT molecular complexity index is 1070. The standard InChI is InChI=1S/C21H18F6N4O/c1-12(11-32)28-19-30-17(13-5-3-2-4-6-13)10-18(31-19)29-16-8-7-14(20(22,23)24)9-15(16)21(25,26)27/h2-10,12,32H,11H2,1H3,(H2,28,29,30,31)/t12-/m1/s1. The van der Waals surface area contributed by atoms with E-state index in [1.165, 1.54) is 6.07 Å². The van der Waals surface area contributed by atoms with Gasteiger partial charge < -0.3 is 15.7 Å². The van der Waals surface area contributed by atoms with Gasteiger partial charge in [-0.2, -0.15) is 31.3 Å². The molecule has 5 nitrogen and oxygen atoms in total. The SMILES string of the molecule is C[C@H](CO)Nc1nc(Nc2ccc(C(F)(F)F)cc2C(F)(F)F)cc(-c2ccccc2)n1. The second-order valence-electron chi connectivity index (χ2n) is 6.94. The number of rotatable bonds is 6. The number of alkyl halides is 6. The second-order valence-corrected chi connectivity index (χ2v) is 6.94. The number of anilines is 3. The van der Waals surface area contributed by atoms with Crippen LogP contribution in [0.1, 0.15) is 18.1 Å². The fourth-order valence-electron chi connectivity index (χ4n) is 2.80. The third kappa shape index (κ3) is 5.67. The molecule has 0 saturated carbocycles. The molecule has 0 saturated heterocycles. The molecule has 170 valence electrons. The summed E-state index contributed by atoms with van der Waals surface area (Å²) in [6.45, 7) is 1.39. The summed E-state index contributed by atoms with van der Waals surface area (Å²) in [5.74, 6) is -0.0485. The molecule has 0 spiro atoms. The quantitative estimate of drug-likeness (QED) is 0.414. The van der Waals surface area contributed by atoms with E-state index < -0.39 is 35.2 Å². The zero-order chi connectivity index (χ0) is 23.5. The van der Waals surface area contributed by atoms with Crippen molar-refractivity contribution >= 4 is 17.5 Å². The number of aromatic nitrogens is 2. The lowest BCUT2D eigenvalue weighted by Crippen LogP contribution is -2.21. The lowest BCUT2D eigenvalue weighted by Gasteiger charge is -2.18. The van der Waals surface area contributed by atoms with Crippen LogP contribution in [0, 0.1) is 0 Å². The van der Waals surface area contributed by atoms with Crippen LogP contribution in [0.15, 0.2) is 54.6 Å². The summed E-state index contributed by atoms with van der Waals surface area (Å²) in [4.78, 5) is 8.41. The minimum Gasteiger partial charge on any atom is -0.394 e. The fraction of sp³-hybridized carbons (Fsp3) is 0.238. The van der Waals surface area contributed by atoms with Gasteiger partial charge >= 0.3 is 12.4 Å².